The molecule has 0 radical (unpaired) electrons. The van der Waals surface area contributed by atoms with E-state index in [2.05, 4.69) is 87.5 Å². The van der Waals surface area contributed by atoms with Crippen LogP contribution >= 0.6 is 0 Å². The Morgan fingerprint density at radius 1 is 0.469 bits per heavy atom. The van der Waals surface area contributed by atoms with E-state index in [1.165, 1.54) is 21.9 Å². The highest BCUT2D eigenvalue weighted by Gasteiger charge is 2.21. The van der Waals surface area contributed by atoms with Crippen molar-refractivity contribution in [3.8, 4) is 33.9 Å². The fourth-order valence-corrected chi connectivity index (χ4v) is 3.74. The minimum atomic E-state index is -0.174. The molecule has 0 amide bonds. The summed E-state index contributed by atoms with van der Waals surface area (Å²) >= 11 is 0. The maximum absolute atomic E-state index is 4.82. The Balaban J connectivity index is 1.55. The summed E-state index contributed by atoms with van der Waals surface area (Å²) in [7, 11) is 0. The summed E-state index contributed by atoms with van der Waals surface area (Å²) in [6.07, 6.45) is 0. The highest BCUT2D eigenvalue weighted by molar-refractivity contribution is 5.87. The third-order valence-corrected chi connectivity index (χ3v) is 5.56. The Bertz CT molecular complexity index is 1380. The molecule has 0 spiro atoms. The highest BCUT2D eigenvalue weighted by atomic mass is 15.0. The van der Waals surface area contributed by atoms with Crippen LogP contribution in [0.5, 0.6) is 0 Å². The average Bonchev–Trinajstić information content (AvgIpc) is 2.83. The lowest BCUT2D eigenvalue weighted by Crippen LogP contribution is -2.18. The van der Waals surface area contributed by atoms with Crippen molar-refractivity contribution in [2.75, 3.05) is 0 Å². The zero-order valence-electron chi connectivity index (χ0n) is 18.6. The molecule has 3 nitrogen and oxygen atoms in total. The Kier molecular flexibility index (Phi) is 5.02. The maximum Gasteiger partial charge on any atom is 0.163 e. The third kappa shape index (κ3) is 4.02. The lowest BCUT2D eigenvalue weighted by molar-refractivity contribution is 0.543. The van der Waals surface area contributed by atoms with Crippen LogP contribution in [0.1, 0.15) is 26.6 Å². The quantitative estimate of drug-likeness (QED) is 0.310. The second kappa shape index (κ2) is 8.01. The smallest absolute Gasteiger partial charge is 0.163 e. The maximum atomic E-state index is 4.82. The van der Waals surface area contributed by atoms with Crippen LogP contribution in [-0.4, -0.2) is 15.0 Å². The van der Waals surface area contributed by atoms with E-state index < -0.39 is 0 Å². The van der Waals surface area contributed by atoms with Crippen LogP contribution in [0, 0.1) is 0 Å². The summed E-state index contributed by atoms with van der Waals surface area (Å²) in [5, 5.41) is 2.50. The summed E-state index contributed by atoms with van der Waals surface area (Å²) < 4.78 is 0. The molecule has 0 fully saturated rings. The molecule has 0 atom stereocenters. The number of rotatable bonds is 3. The molecule has 5 aromatic rings. The van der Waals surface area contributed by atoms with Gasteiger partial charge in [-0.1, -0.05) is 112 Å². The number of fused-ring (bicyclic) bond motifs is 1. The zero-order chi connectivity index (χ0) is 22.1. The van der Waals surface area contributed by atoms with Crippen molar-refractivity contribution >= 4 is 10.8 Å². The van der Waals surface area contributed by atoms with Crippen LogP contribution in [0.3, 0.4) is 0 Å². The fourth-order valence-electron chi connectivity index (χ4n) is 3.74. The molecule has 0 aliphatic carbocycles. The van der Waals surface area contributed by atoms with Gasteiger partial charge in [0.1, 0.15) is 5.82 Å². The molecule has 0 bridgehead atoms. The first-order chi connectivity index (χ1) is 15.5. The molecule has 32 heavy (non-hydrogen) atoms. The van der Waals surface area contributed by atoms with Crippen LogP contribution in [-0.2, 0) is 5.41 Å². The predicted molar refractivity (Wildman–Crippen MR) is 132 cm³/mol. The largest absolute Gasteiger partial charge is 0.212 e. The van der Waals surface area contributed by atoms with Gasteiger partial charge in [-0.3, -0.25) is 0 Å². The SMILES string of the molecule is CC(C)(C)c1nc(-c2ccccc2)nc(-c2ccc(-c3ccc4ccccc4c3)cc2)n1. The van der Waals surface area contributed by atoms with Gasteiger partial charge in [0.25, 0.3) is 0 Å². The molecule has 0 aliphatic heterocycles. The van der Waals surface area contributed by atoms with E-state index in [4.69, 9.17) is 15.0 Å². The van der Waals surface area contributed by atoms with E-state index in [1.54, 1.807) is 0 Å². The number of nitrogens with zero attached hydrogens (tertiary/aromatic N) is 3. The van der Waals surface area contributed by atoms with Crippen molar-refractivity contribution in [3.05, 3.63) is 103 Å². The van der Waals surface area contributed by atoms with Crippen LogP contribution in [0.15, 0.2) is 97.1 Å². The Morgan fingerprint density at radius 3 is 1.66 bits per heavy atom. The van der Waals surface area contributed by atoms with Gasteiger partial charge < -0.3 is 0 Å². The van der Waals surface area contributed by atoms with E-state index in [0.717, 1.165) is 17.0 Å². The minimum absolute atomic E-state index is 0.174. The van der Waals surface area contributed by atoms with Gasteiger partial charge in [-0.05, 0) is 28.0 Å². The van der Waals surface area contributed by atoms with Gasteiger partial charge in [0, 0.05) is 16.5 Å². The third-order valence-electron chi connectivity index (χ3n) is 5.56. The molecule has 0 unspecified atom stereocenters. The van der Waals surface area contributed by atoms with Crippen LogP contribution in [0.25, 0.3) is 44.7 Å². The summed E-state index contributed by atoms with van der Waals surface area (Å²) in [6.45, 7) is 6.39. The van der Waals surface area contributed by atoms with Gasteiger partial charge in [0.15, 0.2) is 11.6 Å². The van der Waals surface area contributed by atoms with Crippen molar-refractivity contribution in [1.82, 2.24) is 15.0 Å². The zero-order valence-corrected chi connectivity index (χ0v) is 18.6. The van der Waals surface area contributed by atoms with Crippen molar-refractivity contribution < 1.29 is 0 Å². The van der Waals surface area contributed by atoms with E-state index in [0.29, 0.717) is 11.6 Å². The Morgan fingerprint density at radius 2 is 1.00 bits per heavy atom. The number of aromatic nitrogens is 3. The standard InChI is InChI=1S/C29H25N3/c1-29(2,3)28-31-26(22-10-5-4-6-11-22)30-27(32-28)23-16-13-21(14-17-23)25-18-15-20-9-7-8-12-24(20)19-25/h4-19H,1-3H3. The van der Waals surface area contributed by atoms with E-state index >= 15 is 0 Å². The van der Waals surface area contributed by atoms with Gasteiger partial charge in [0.05, 0.1) is 0 Å². The van der Waals surface area contributed by atoms with Crippen molar-refractivity contribution in [1.29, 1.82) is 0 Å². The molecule has 1 heterocycles. The number of benzene rings is 4. The minimum Gasteiger partial charge on any atom is -0.212 e. The Labute approximate surface area is 188 Å². The second-order valence-electron chi connectivity index (χ2n) is 9.06. The number of hydrogen-bond donors (Lipinski definition) is 0. The van der Waals surface area contributed by atoms with Crippen LogP contribution in [0.4, 0.5) is 0 Å². The van der Waals surface area contributed by atoms with Gasteiger partial charge in [0.2, 0.25) is 0 Å². The monoisotopic (exact) mass is 415 g/mol. The fraction of sp³-hybridized carbons (Fsp3) is 0.138. The molecule has 0 aliphatic rings. The lowest BCUT2D eigenvalue weighted by Gasteiger charge is -2.18. The first kappa shape index (κ1) is 20.1. The van der Waals surface area contributed by atoms with Gasteiger partial charge in [-0.2, -0.15) is 0 Å². The lowest BCUT2D eigenvalue weighted by atomic mass is 9.95. The molecule has 156 valence electrons. The molecule has 1 aromatic heterocycles. The van der Waals surface area contributed by atoms with E-state index in [9.17, 15) is 0 Å². The summed E-state index contributed by atoms with van der Waals surface area (Å²) in [5.41, 5.74) is 4.18. The normalized spacial score (nSPS) is 11.6. The molecule has 0 saturated heterocycles. The predicted octanol–water partition coefficient (Wildman–Crippen LogP) is 7.32. The van der Waals surface area contributed by atoms with E-state index in [-0.39, 0.29) is 5.41 Å². The molecular formula is C29H25N3. The van der Waals surface area contributed by atoms with Crippen molar-refractivity contribution in [2.24, 2.45) is 0 Å². The van der Waals surface area contributed by atoms with Crippen molar-refractivity contribution in [3.63, 3.8) is 0 Å². The molecular weight excluding hydrogens is 390 g/mol. The molecule has 0 N–H and O–H groups in total. The molecule has 4 aromatic carbocycles. The topological polar surface area (TPSA) is 38.7 Å². The molecule has 3 heteroatoms. The van der Waals surface area contributed by atoms with Gasteiger partial charge in [-0.25, -0.2) is 15.0 Å². The number of hydrogen-bond acceptors (Lipinski definition) is 3. The molecule has 5 rings (SSSR count). The summed E-state index contributed by atoms with van der Waals surface area (Å²) in [4.78, 5) is 14.4. The molecule has 0 saturated carbocycles. The van der Waals surface area contributed by atoms with Gasteiger partial charge in [-0.15, -0.1) is 0 Å². The van der Waals surface area contributed by atoms with Crippen LogP contribution < -0.4 is 0 Å². The van der Waals surface area contributed by atoms with Crippen LogP contribution in [0.2, 0.25) is 0 Å². The first-order valence-electron chi connectivity index (χ1n) is 10.9. The highest BCUT2D eigenvalue weighted by Crippen LogP contribution is 2.29. The Hall–Kier alpha value is -3.85. The second-order valence-corrected chi connectivity index (χ2v) is 9.06. The first-order valence-corrected chi connectivity index (χ1v) is 10.9. The van der Waals surface area contributed by atoms with E-state index in [1.807, 2.05) is 30.3 Å². The van der Waals surface area contributed by atoms with Crippen molar-refractivity contribution in [2.45, 2.75) is 26.2 Å². The summed E-state index contributed by atoms with van der Waals surface area (Å²) in [5.74, 6) is 2.20. The average molecular weight is 416 g/mol. The van der Waals surface area contributed by atoms with Gasteiger partial charge >= 0.3 is 0 Å². The summed E-state index contributed by atoms with van der Waals surface area (Å²) in [6, 6.07) is 33.6.